The van der Waals surface area contributed by atoms with E-state index >= 15 is 0 Å². The summed E-state index contributed by atoms with van der Waals surface area (Å²) in [6.07, 6.45) is 8.40. The van der Waals surface area contributed by atoms with E-state index in [2.05, 4.69) is 28.6 Å². The number of hydrogen-bond donors (Lipinski definition) is 3. The number of aliphatic imine (C=N–C) groups is 1. The summed E-state index contributed by atoms with van der Waals surface area (Å²) in [5.74, 6) is -1.45. The van der Waals surface area contributed by atoms with E-state index in [9.17, 15) is 19.1 Å². The minimum atomic E-state index is -0.617. The van der Waals surface area contributed by atoms with Gasteiger partial charge in [0.2, 0.25) is 5.91 Å². The zero-order chi connectivity index (χ0) is 29.0. The second kappa shape index (κ2) is 11.7. The molecule has 0 saturated carbocycles. The number of benzene rings is 2. The number of aliphatic hydroxyl groups is 1. The molecule has 1 aliphatic rings. The maximum absolute atomic E-state index is 13.4. The van der Waals surface area contributed by atoms with Crippen LogP contribution in [-0.2, 0) is 18.4 Å². The van der Waals surface area contributed by atoms with Crippen molar-refractivity contribution in [3.05, 3.63) is 108 Å². The molecule has 0 spiro atoms. The SMILES string of the molecule is C=C/C(F)=C\C=C1/CC(=O)N(c2cccc(-c3ccc(C(N)=O)c(NC(=C)c4cnn(C)c4)c3C)c2CO)C=N1. The lowest BCUT2D eigenvalue weighted by Gasteiger charge is -2.26. The summed E-state index contributed by atoms with van der Waals surface area (Å²) in [7, 11) is 1.79. The van der Waals surface area contributed by atoms with E-state index in [-0.39, 0.29) is 24.5 Å². The van der Waals surface area contributed by atoms with E-state index in [1.165, 1.54) is 23.4 Å². The number of amides is 2. The van der Waals surface area contributed by atoms with Crippen LogP contribution in [-0.4, -0.2) is 33.0 Å². The fraction of sp³-hybridized carbons (Fsp3) is 0.133. The zero-order valence-corrected chi connectivity index (χ0v) is 22.2. The van der Waals surface area contributed by atoms with Gasteiger partial charge in [-0.1, -0.05) is 31.4 Å². The maximum atomic E-state index is 13.4. The summed E-state index contributed by atoms with van der Waals surface area (Å²) in [5, 5.41) is 17.8. The molecule has 10 heteroatoms. The molecule has 1 aromatic heterocycles. The average molecular weight is 541 g/mol. The predicted octanol–water partition coefficient (Wildman–Crippen LogP) is 4.76. The first-order valence-electron chi connectivity index (χ1n) is 12.3. The van der Waals surface area contributed by atoms with Crippen molar-refractivity contribution in [2.24, 2.45) is 17.8 Å². The maximum Gasteiger partial charge on any atom is 0.250 e. The van der Waals surface area contributed by atoms with E-state index < -0.39 is 11.7 Å². The van der Waals surface area contributed by atoms with Gasteiger partial charge in [-0.25, -0.2) is 9.38 Å². The minimum Gasteiger partial charge on any atom is -0.392 e. The van der Waals surface area contributed by atoms with Crippen LogP contribution in [0.5, 0.6) is 0 Å². The Morgan fingerprint density at radius 3 is 2.67 bits per heavy atom. The monoisotopic (exact) mass is 540 g/mol. The van der Waals surface area contributed by atoms with Gasteiger partial charge in [-0.2, -0.15) is 5.10 Å². The van der Waals surface area contributed by atoms with Crippen molar-refractivity contribution in [2.75, 3.05) is 10.2 Å². The third-order valence-electron chi connectivity index (χ3n) is 6.49. The van der Waals surface area contributed by atoms with E-state index in [1.807, 2.05) is 13.0 Å². The second-order valence-corrected chi connectivity index (χ2v) is 9.09. The normalized spacial score (nSPS) is 14.5. The van der Waals surface area contributed by atoms with Crippen LogP contribution in [0.15, 0.2) is 90.6 Å². The van der Waals surface area contributed by atoms with Gasteiger partial charge in [0.1, 0.15) is 12.2 Å². The number of primary amides is 1. The van der Waals surface area contributed by atoms with Gasteiger partial charge in [0.05, 0.1) is 41.9 Å². The molecule has 0 aliphatic carbocycles. The third kappa shape index (κ3) is 5.67. The molecule has 40 heavy (non-hydrogen) atoms. The molecule has 0 unspecified atom stereocenters. The molecule has 9 nitrogen and oxygen atoms in total. The number of halogens is 1. The van der Waals surface area contributed by atoms with Gasteiger partial charge in [-0.05, 0) is 54.0 Å². The fourth-order valence-electron chi connectivity index (χ4n) is 4.41. The number of aliphatic hydroxyl groups excluding tert-OH is 1. The van der Waals surface area contributed by atoms with E-state index in [1.54, 1.807) is 48.4 Å². The van der Waals surface area contributed by atoms with Crippen LogP contribution in [0.25, 0.3) is 16.8 Å². The number of nitrogens with two attached hydrogens (primary N) is 1. The minimum absolute atomic E-state index is 0.0522. The summed E-state index contributed by atoms with van der Waals surface area (Å²) in [6.45, 7) is 8.89. The van der Waals surface area contributed by atoms with E-state index in [4.69, 9.17) is 5.73 Å². The fourth-order valence-corrected chi connectivity index (χ4v) is 4.41. The number of aryl methyl sites for hydroxylation is 1. The van der Waals surface area contributed by atoms with Crippen LogP contribution in [0.4, 0.5) is 15.8 Å². The van der Waals surface area contributed by atoms with Gasteiger partial charge in [-0.15, -0.1) is 0 Å². The summed E-state index contributed by atoms with van der Waals surface area (Å²) in [4.78, 5) is 31.0. The van der Waals surface area contributed by atoms with Crippen LogP contribution >= 0.6 is 0 Å². The molecule has 1 aliphatic heterocycles. The highest BCUT2D eigenvalue weighted by molar-refractivity contribution is 6.12. The quantitative estimate of drug-likeness (QED) is 0.338. The van der Waals surface area contributed by atoms with Crippen molar-refractivity contribution >= 4 is 35.2 Å². The summed E-state index contributed by atoms with van der Waals surface area (Å²) in [6, 6.07) is 8.65. The number of carbonyl (C=O) groups excluding carboxylic acids is 2. The molecular weight excluding hydrogens is 511 g/mol. The molecule has 0 radical (unpaired) electrons. The number of anilines is 2. The smallest absolute Gasteiger partial charge is 0.250 e. The van der Waals surface area contributed by atoms with Gasteiger partial charge in [0.25, 0.3) is 5.91 Å². The lowest BCUT2D eigenvalue weighted by Crippen LogP contribution is -2.33. The Morgan fingerprint density at radius 2 is 2.05 bits per heavy atom. The van der Waals surface area contributed by atoms with Gasteiger partial charge < -0.3 is 16.2 Å². The summed E-state index contributed by atoms with van der Waals surface area (Å²) in [5.41, 5.74) is 11.1. The number of hydrogen-bond acceptors (Lipinski definition) is 6. The predicted molar refractivity (Wildman–Crippen MR) is 155 cm³/mol. The molecule has 0 fully saturated rings. The lowest BCUT2D eigenvalue weighted by molar-refractivity contribution is -0.117. The van der Waals surface area contributed by atoms with Crippen LogP contribution in [0.1, 0.15) is 33.5 Å². The lowest BCUT2D eigenvalue weighted by atomic mass is 9.91. The van der Waals surface area contributed by atoms with Crippen molar-refractivity contribution in [1.82, 2.24) is 9.78 Å². The number of rotatable bonds is 9. The van der Waals surface area contributed by atoms with Crippen LogP contribution in [0.2, 0.25) is 0 Å². The number of nitrogens with zero attached hydrogens (tertiary/aromatic N) is 4. The van der Waals surface area contributed by atoms with Gasteiger partial charge in [-0.3, -0.25) is 19.2 Å². The molecule has 2 aromatic carbocycles. The molecule has 0 atom stereocenters. The number of allylic oxidation sites excluding steroid dienone is 4. The highest BCUT2D eigenvalue weighted by Crippen LogP contribution is 2.38. The second-order valence-electron chi connectivity index (χ2n) is 9.09. The Hall–Kier alpha value is -5.09. The van der Waals surface area contributed by atoms with Crippen molar-refractivity contribution in [2.45, 2.75) is 20.0 Å². The topological polar surface area (TPSA) is 126 Å². The highest BCUT2D eigenvalue weighted by Gasteiger charge is 2.25. The average Bonchev–Trinajstić information content (AvgIpc) is 3.38. The Kier molecular flexibility index (Phi) is 8.20. The Morgan fingerprint density at radius 1 is 1.27 bits per heavy atom. The largest absolute Gasteiger partial charge is 0.392 e. The molecule has 3 aromatic rings. The zero-order valence-electron chi connectivity index (χ0n) is 22.2. The van der Waals surface area contributed by atoms with Gasteiger partial charge in [0, 0.05) is 30.1 Å². The molecule has 4 rings (SSSR count). The standard InChI is InChI=1S/C30H29FN6O3/c1-5-21(31)9-10-22-13-28(39)37(17-33-22)27-8-6-7-24(26(27)16-38)23-11-12-25(30(32)40)29(18(23)2)35-19(3)20-14-34-36(4)15-20/h5-12,14-15,17,35,38H,1,3,13,16H2,2,4H3,(H2,32,40)/b21-9+,22-10+. The number of nitrogens with one attached hydrogen (secondary N) is 1. The van der Waals surface area contributed by atoms with E-state index in [0.29, 0.717) is 45.0 Å². The summed E-state index contributed by atoms with van der Waals surface area (Å²) >= 11 is 0. The number of carbonyl (C=O) groups is 2. The Labute approximate surface area is 231 Å². The van der Waals surface area contributed by atoms with Crippen molar-refractivity contribution in [3.63, 3.8) is 0 Å². The molecule has 4 N–H and O–H groups in total. The first-order chi connectivity index (χ1) is 19.1. The molecular formula is C30H29FN6O3. The van der Waals surface area contributed by atoms with Crippen molar-refractivity contribution in [3.8, 4) is 11.1 Å². The highest BCUT2D eigenvalue weighted by atomic mass is 19.1. The van der Waals surface area contributed by atoms with Crippen LogP contribution < -0.4 is 16.0 Å². The first kappa shape index (κ1) is 27.9. The van der Waals surface area contributed by atoms with Crippen LogP contribution in [0, 0.1) is 6.92 Å². The van der Waals surface area contributed by atoms with Crippen molar-refractivity contribution < 1.29 is 19.1 Å². The van der Waals surface area contributed by atoms with Gasteiger partial charge in [0.15, 0.2) is 0 Å². The Bertz CT molecular complexity index is 1620. The third-order valence-corrected chi connectivity index (χ3v) is 6.49. The molecule has 0 saturated heterocycles. The molecule has 204 valence electrons. The van der Waals surface area contributed by atoms with Gasteiger partial charge >= 0.3 is 0 Å². The molecule has 0 bridgehead atoms. The summed E-state index contributed by atoms with van der Waals surface area (Å²) < 4.78 is 15.0. The Balaban J connectivity index is 1.77. The van der Waals surface area contributed by atoms with E-state index in [0.717, 1.165) is 11.6 Å². The number of aromatic nitrogens is 2. The van der Waals surface area contributed by atoms with Crippen molar-refractivity contribution in [1.29, 1.82) is 0 Å². The first-order valence-corrected chi connectivity index (χ1v) is 12.3. The molecule has 2 heterocycles. The van der Waals surface area contributed by atoms with Crippen LogP contribution in [0.3, 0.4) is 0 Å². The molecule has 2 amide bonds.